The maximum Gasteiger partial charge on any atom is 0.235 e. The molecule has 2 N–H and O–H groups in total. The highest BCUT2D eigenvalue weighted by Gasteiger charge is 2.44. The predicted octanol–water partition coefficient (Wildman–Crippen LogP) is 0.405. The van der Waals surface area contributed by atoms with Crippen LogP contribution in [0.4, 0.5) is 5.13 Å². The molecule has 0 unspecified atom stereocenters. The van der Waals surface area contributed by atoms with E-state index in [-0.39, 0.29) is 24.8 Å². The molecular weight excluding hydrogens is 228 g/mol. The lowest BCUT2D eigenvalue weighted by atomic mass is 9.92. The van der Waals surface area contributed by atoms with Crippen LogP contribution in [0.5, 0.6) is 0 Å². The highest BCUT2D eigenvalue weighted by molar-refractivity contribution is 7.15. The summed E-state index contributed by atoms with van der Waals surface area (Å²) in [7, 11) is 0. The molecule has 2 amide bonds. The van der Waals surface area contributed by atoms with Crippen molar-refractivity contribution >= 4 is 28.3 Å². The van der Waals surface area contributed by atoms with Gasteiger partial charge in [0.25, 0.3) is 0 Å². The van der Waals surface area contributed by atoms with Gasteiger partial charge in [-0.3, -0.25) is 14.5 Å². The van der Waals surface area contributed by atoms with Gasteiger partial charge >= 0.3 is 0 Å². The number of nitrogens with two attached hydrogens (primary N) is 1. The third kappa shape index (κ3) is 1.78. The largest absolute Gasteiger partial charge is 0.374 e. The van der Waals surface area contributed by atoms with Crippen molar-refractivity contribution in [3.8, 4) is 0 Å². The monoisotopic (exact) mass is 240 g/mol. The van der Waals surface area contributed by atoms with Gasteiger partial charge in [0, 0.05) is 6.42 Å². The Morgan fingerprint density at radius 2 is 2.12 bits per heavy atom. The van der Waals surface area contributed by atoms with Gasteiger partial charge in [0.2, 0.25) is 16.9 Å². The number of likely N-dealkylation sites (tertiary alicyclic amines) is 1. The van der Waals surface area contributed by atoms with Crippen LogP contribution >= 0.6 is 11.3 Å². The Balaban J connectivity index is 2.17. The Hall–Kier alpha value is -1.50. The zero-order valence-electron chi connectivity index (χ0n) is 9.06. The first kappa shape index (κ1) is 11.0. The zero-order chi connectivity index (χ0) is 11.9. The van der Waals surface area contributed by atoms with Crippen LogP contribution in [0, 0.1) is 5.41 Å². The number of imide groups is 1. The second-order valence-corrected chi connectivity index (χ2v) is 5.47. The first-order valence-electron chi connectivity index (χ1n) is 4.83. The van der Waals surface area contributed by atoms with Gasteiger partial charge in [0.1, 0.15) is 5.01 Å². The maximum absolute atomic E-state index is 11.9. The molecule has 0 aliphatic carbocycles. The molecule has 0 bridgehead atoms. The van der Waals surface area contributed by atoms with E-state index in [1.807, 2.05) is 0 Å². The number of rotatable bonds is 2. The molecule has 86 valence electrons. The summed E-state index contributed by atoms with van der Waals surface area (Å²) in [4.78, 5) is 24.7. The Kier molecular flexibility index (Phi) is 2.42. The van der Waals surface area contributed by atoms with Gasteiger partial charge in [-0.15, -0.1) is 10.2 Å². The minimum absolute atomic E-state index is 0.161. The molecule has 0 spiro atoms. The van der Waals surface area contributed by atoms with Crippen molar-refractivity contribution in [1.29, 1.82) is 0 Å². The summed E-state index contributed by atoms with van der Waals surface area (Å²) in [6, 6.07) is 0. The number of amides is 2. The van der Waals surface area contributed by atoms with Crippen molar-refractivity contribution in [3.05, 3.63) is 5.01 Å². The van der Waals surface area contributed by atoms with Crippen LogP contribution in [0.1, 0.15) is 25.3 Å². The second-order valence-electron chi connectivity index (χ2n) is 4.38. The van der Waals surface area contributed by atoms with Crippen LogP contribution in [0.2, 0.25) is 0 Å². The van der Waals surface area contributed by atoms with Gasteiger partial charge in [0.15, 0.2) is 0 Å². The molecule has 1 fully saturated rings. The highest BCUT2D eigenvalue weighted by Crippen LogP contribution is 2.32. The van der Waals surface area contributed by atoms with Gasteiger partial charge in [-0.1, -0.05) is 25.2 Å². The lowest BCUT2D eigenvalue weighted by Crippen LogP contribution is -2.32. The van der Waals surface area contributed by atoms with E-state index < -0.39 is 5.41 Å². The quantitative estimate of drug-likeness (QED) is 0.756. The number of anilines is 1. The third-order valence-electron chi connectivity index (χ3n) is 2.49. The Labute approximate surface area is 96.5 Å². The molecule has 0 atom stereocenters. The molecule has 16 heavy (non-hydrogen) atoms. The molecule has 0 aromatic carbocycles. The van der Waals surface area contributed by atoms with E-state index >= 15 is 0 Å². The molecule has 6 nitrogen and oxygen atoms in total. The molecule has 2 heterocycles. The van der Waals surface area contributed by atoms with Gasteiger partial charge in [-0.05, 0) is 0 Å². The first-order chi connectivity index (χ1) is 7.40. The molecule has 0 saturated carbocycles. The van der Waals surface area contributed by atoms with Crippen LogP contribution in [0.3, 0.4) is 0 Å². The second kappa shape index (κ2) is 3.51. The molecule has 1 saturated heterocycles. The average Bonchev–Trinajstić information content (AvgIpc) is 2.65. The maximum atomic E-state index is 11.9. The molecule has 1 aromatic rings. The van der Waals surface area contributed by atoms with E-state index in [1.165, 1.54) is 16.2 Å². The van der Waals surface area contributed by atoms with Gasteiger partial charge in [-0.2, -0.15) is 0 Å². The fraction of sp³-hybridized carbons (Fsp3) is 0.556. The van der Waals surface area contributed by atoms with Gasteiger partial charge in [-0.25, -0.2) is 0 Å². The van der Waals surface area contributed by atoms with Crippen molar-refractivity contribution in [2.24, 2.45) is 5.41 Å². The summed E-state index contributed by atoms with van der Waals surface area (Å²) < 4.78 is 0. The van der Waals surface area contributed by atoms with Crippen LogP contribution in [-0.4, -0.2) is 26.9 Å². The van der Waals surface area contributed by atoms with Crippen molar-refractivity contribution < 1.29 is 9.59 Å². The number of carbonyl (C=O) groups is 2. The summed E-state index contributed by atoms with van der Waals surface area (Å²) in [5.74, 6) is -0.324. The molecule has 1 aliphatic heterocycles. The summed E-state index contributed by atoms with van der Waals surface area (Å²) in [5, 5.41) is 8.36. The van der Waals surface area contributed by atoms with E-state index in [9.17, 15) is 9.59 Å². The van der Waals surface area contributed by atoms with Crippen molar-refractivity contribution in [2.75, 3.05) is 5.73 Å². The molecule has 2 rings (SSSR count). The summed E-state index contributed by atoms with van der Waals surface area (Å²) >= 11 is 1.19. The summed E-state index contributed by atoms with van der Waals surface area (Å²) in [6.07, 6.45) is 0.250. The minimum atomic E-state index is -0.604. The summed E-state index contributed by atoms with van der Waals surface area (Å²) in [5.41, 5.74) is 4.83. The van der Waals surface area contributed by atoms with Crippen LogP contribution < -0.4 is 5.73 Å². The van der Waals surface area contributed by atoms with E-state index in [1.54, 1.807) is 13.8 Å². The van der Waals surface area contributed by atoms with Crippen molar-refractivity contribution in [1.82, 2.24) is 15.1 Å². The lowest BCUT2D eigenvalue weighted by molar-refractivity contribution is -0.141. The molecular formula is C9H12N4O2S. The lowest BCUT2D eigenvalue weighted by Gasteiger charge is -2.16. The van der Waals surface area contributed by atoms with Crippen LogP contribution in [-0.2, 0) is 16.1 Å². The molecule has 1 aliphatic rings. The minimum Gasteiger partial charge on any atom is -0.374 e. The number of carbonyl (C=O) groups excluding carboxylic acids is 2. The SMILES string of the molecule is CC1(C)CC(=O)N(Cc2nnc(N)s2)C1=O. The number of hydrogen-bond donors (Lipinski definition) is 1. The fourth-order valence-electron chi connectivity index (χ4n) is 1.65. The molecule has 0 radical (unpaired) electrons. The van der Waals surface area contributed by atoms with Gasteiger partial charge < -0.3 is 5.73 Å². The molecule has 7 heteroatoms. The third-order valence-corrected chi connectivity index (χ3v) is 3.23. The number of aromatic nitrogens is 2. The smallest absolute Gasteiger partial charge is 0.235 e. The fourth-order valence-corrected chi connectivity index (χ4v) is 2.25. The zero-order valence-corrected chi connectivity index (χ0v) is 9.87. The number of nitrogens with zero attached hydrogens (tertiary/aromatic N) is 3. The average molecular weight is 240 g/mol. The topological polar surface area (TPSA) is 89.2 Å². The van der Waals surface area contributed by atoms with Gasteiger partial charge in [0.05, 0.1) is 12.0 Å². The molecule has 1 aromatic heterocycles. The first-order valence-corrected chi connectivity index (χ1v) is 5.64. The van der Waals surface area contributed by atoms with Crippen LogP contribution in [0.15, 0.2) is 0 Å². The van der Waals surface area contributed by atoms with E-state index in [2.05, 4.69) is 10.2 Å². The Morgan fingerprint density at radius 3 is 2.56 bits per heavy atom. The highest BCUT2D eigenvalue weighted by atomic mass is 32.1. The Morgan fingerprint density at radius 1 is 1.44 bits per heavy atom. The number of nitrogen functional groups attached to an aromatic ring is 1. The van der Waals surface area contributed by atoms with Crippen molar-refractivity contribution in [2.45, 2.75) is 26.8 Å². The van der Waals surface area contributed by atoms with E-state index in [4.69, 9.17) is 5.73 Å². The van der Waals surface area contributed by atoms with E-state index in [0.717, 1.165) is 0 Å². The predicted molar refractivity (Wildman–Crippen MR) is 58.3 cm³/mol. The van der Waals surface area contributed by atoms with Crippen molar-refractivity contribution in [3.63, 3.8) is 0 Å². The van der Waals surface area contributed by atoms with E-state index in [0.29, 0.717) is 10.1 Å². The Bertz CT molecular complexity index is 454. The summed E-state index contributed by atoms with van der Waals surface area (Å²) in [6.45, 7) is 3.71. The van der Waals surface area contributed by atoms with Crippen LogP contribution in [0.25, 0.3) is 0 Å². The normalized spacial score (nSPS) is 19.5. The standard InChI is InChI=1S/C9H12N4O2S/c1-9(2)3-6(14)13(7(9)15)4-5-11-12-8(10)16-5/h3-4H2,1-2H3,(H2,10,12). The number of hydrogen-bond acceptors (Lipinski definition) is 6.